The van der Waals surface area contributed by atoms with Gasteiger partial charge in [-0.05, 0) is 62.7 Å². The lowest BCUT2D eigenvalue weighted by Crippen LogP contribution is -2.17. The first-order valence-electron chi connectivity index (χ1n) is 7.91. The van der Waals surface area contributed by atoms with Crippen LogP contribution < -0.4 is 10.6 Å². The van der Waals surface area contributed by atoms with E-state index < -0.39 is 0 Å². The smallest absolute Gasteiger partial charge is 0.0208 e. The predicted octanol–water partition coefficient (Wildman–Crippen LogP) is 3.26. The van der Waals surface area contributed by atoms with E-state index >= 15 is 0 Å². The molecule has 0 aliphatic heterocycles. The van der Waals surface area contributed by atoms with Crippen molar-refractivity contribution in [3.8, 4) is 0 Å². The molecule has 0 bridgehead atoms. The molecule has 0 radical (unpaired) electrons. The van der Waals surface area contributed by atoms with Crippen LogP contribution in [-0.2, 0) is 13.0 Å². The first-order valence-corrected chi connectivity index (χ1v) is 7.91. The summed E-state index contributed by atoms with van der Waals surface area (Å²) in [5, 5.41) is 7.09. The lowest BCUT2D eigenvalue weighted by atomic mass is 10.0. The fraction of sp³-hybridized carbons (Fsp3) is 0.647. The second kappa shape index (κ2) is 8.34. The molecule has 19 heavy (non-hydrogen) atoms. The average molecular weight is 260 g/mol. The average Bonchev–Trinajstić information content (AvgIpc) is 3.24. The first kappa shape index (κ1) is 14.5. The zero-order chi connectivity index (χ0) is 13.3. The van der Waals surface area contributed by atoms with Crippen LogP contribution in [0.4, 0.5) is 0 Å². The molecule has 0 atom stereocenters. The number of nitrogens with one attached hydrogen (secondary N) is 2. The molecule has 0 spiro atoms. The van der Waals surface area contributed by atoms with Crippen LogP contribution in [0.1, 0.15) is 50.2 Å². The molecule has 1 aromatic carbocycles. The van der Waals surface area contributed by atoms with Gasteiger partial charge >= 0.3 is 0 Å². The van der Waals surface area contributed by atoms with E-state index in [0.29, 0.717) is 0 Å². The van der Waals surface area contributed by atoms with E-state index in [1.54, 1.807) is 0 Å². The zero-order valence-electron chi connectivity index (χ0n) is 12.3. The van der Waals surface area contributed by atoms with E-state index in [1.165, 1.54) is 56.2 Å². The Labute approximate surface area is 118 Å². The van der Waals surface area contributed by atoms with E-state index in [9.17, 15) is 0 Å². The van der Waals surface area contributed by atoms with Gasteiger partial charge in [0.2, 0.25) is 0 Å². The minimum absolute atomic E-state index is 0.852. The van der Waals surface area contributed by atoms with Crippen molar-refractivity contribution in [1.29, 1.82) is 0 Å². The molecule has 0 heterocycles. The van der Waals surface area contributed by atoms with Crippen LogP contribution >= 0.6 is 0 Å². The molecule has 1 aromatic rings. The summed E-state index contributed by atoms with van der Waals surface area (Å²) < 4.78 is 0. The van der Waals surface area contributed by atoms with E-state index in [2.05, 4.69) is 41.8 Å². The molecular formula is C17H28N2. The Balaban J connectivity index is 1.68. The van der Waals surface area contributed by atoms with Crippen LogP contribution in [0.2, 0.25) is 0 Å². The molecule has 1 aliphatic carbocycles. The van der Waals surface area contributed by atoms with Gasteiger partial charge in [0.1, 0.15) is 0 Å². The van der Waals surface area contributed by atoms with E-state index in [-0.39, 0.29) is 0 Å². The molecule has 1 aliphatic rings. The minimum Gasteiger partial charge on any atom is -0.314 e. The summed E-state index contributed by atoms with van der Waals surface area (Å²) in [5.41, 5.74) is 3.00. The molecule has 0 unspecified atom stereocenters. The van der Waals surface area contributed by atoms with Crippen LogP contribution in [-0.4, -0.2) is 19.1 Å². The van der Waals surface area contributed by atoms with Crippen molar-refractivity contribution in [3.05, 3.63) is 35.4 Å². The van der Waals surface area contributed by atoms with Crippen LogP contribution in [0, 0.1) is 0 Å². The number of rotatable bonds is 10. The fourth-order valence-electron chi connectivity index (χ4n) is 2.41. The third-order valence-electron chi connectivity index (χ3n) is 3.74. The number of unbranched alkanes of at least 4 members (excludes halogenated alkanes) is 1. The molecule has 106 valence electrons. The van der Waals surface area contributed by atoms with E-state index in [4.69, 9.17) is 0 Å². The molecule has 0 saturated heterocycles. The molecule has 2 nitrogen and oxygen atoms in total. The van der Waals surface area contributed by atoms with Crippen molar-refractivity contribution in [2.45, 2.75) is 58.0 Å². The van der Waals surface area contributed by atoms with Gasteiger partial charge in [0.15, 0.2) is 0 Å². The van der Waals surface area contributed by atoms with Crippen molar-refractivity contribution in [2.24, 2.45) is 0 Å². The summed E-state index contributed by atoms with van der Waals surface area (Å²) in [6, 6.07) is 9.73. The summed E-state index contributed by atoms with van der Waals surface area (Å²) in [6.07, 6.45) is 7.81. The molecular weight excluding hydrogens is 232 g/mol. The van der Waals surface area contributed by atoms with Crippen molar-refractivity contribution in [3.63, 3.8) is 0 Å². The highest BCUT2D eigenvalue weighted by Gasteiger charge is 2.19. The van der Waals surface area contributed by atoms with Crippen molar-refractivity contribution in [1.82, 2.24) is 10.6 Å². The van der Waals surface area contributed by atoms with Crippen LogP contribution in [0.25, 0.3) is 0 Å². The Hall–Kier alpha value is -0.860. The van der Waals surface area contributed by atoms with Gasteiger partial charge in [0.05, 0.1) is 0 Å². The Kier molecular flexibility index (Phi) is 6.38. The van der Waals surface area contributed by atoms with Crippen LogP contribution in [0.15, 0.2) is 24.3 Å². The SMILES string of the molecule is CCCNCc1ccccc1CCCCNC1CC1. The number of aryl methyl sites for hydroxylation is 1. The molecule has 1 fully saturated rings. The Morgan fingerprint density at radius 3 is 2.58 bits per heavy atom. The highest BCUT2D eigenvalue weighted by Crippen LogP contribution is 2.18. The Bertz CT molecular complexity index is 358. The quantitative estimate of drug-likeness (QED) is 0.631. The molecule has 2 rings (SSSR count). The third-order valence-corrected chi connectivity index (χ3v) is 3.74. The minimum atomic E-state index is 0.852. The highest BCUT2D eigenvalue weighted by molar-refractivity contribution is 5.27. The normalized spacial score (nSPS) is 14.8. The maximum Gasteiger partial charge on any atom is 0.0208 e. The maximum atomic E-state index is 3.59. The summed E-state index contributed by atoms with van der Waals surface area (Å²) in [6.45, 7) is 5.54. The van der Waals surface area contributed by atoms with Gasteiger partial charge in [-0.1, -0.05) is 31.2 Å². The lowest BCUT2D eigenvalue weighted by Gasteiger charge is -2.10. The van der Waals surface area contributed by atoms with Gasteiger partial charge in [-0.3, -0.25) is 0 Å². The predicted molar refractivity (Wildman–Crippen MR) is 82.4 cm³/mol. The van der Waals surface area contributed by atoms with Gasteiger partial charge in [-0.15, -0.1) is 0 Å². The van der Waals surface area contributed by atoms with Gasteiger partial charge in [-0.25, -0.2) is 0 Å². The molecule has 0 amide bonds. The largest absolute Gasteiger partial charge is 0.314 e. The van der Waals surface area contributed by atoms with Gasteiger partial charge in [-0.2, -0.15) is 0 Å². The van der Waals surface area contributed by atoms with Crippen molar-refractivity contribution in [2.75, 3.05) is 13.1 Å². The van der Waals surface area contributed by atoms with Crippen LogP contribution in [0.5, 0.6) is 0 Å². The summed E-state index contributed by atoms with van der Waals surface area (Å²) >= 11 is 0. The summed E-state index contributed by atoms with van der Waals surface area (Å²) in [7, 11) is 0. The van der Waals surface area contributed by atoms with Crippen LogP contribution in [0.3, 0.4) is 0 Å². The van der Waals surface area contributed by atoms with Crippen molar-refractivity contribution >= 4 is 0 Å². The fourth-order valence-corrected chi connectivity index (χ4v) is 2.41. The van der Waals surface area contributed by atoms with Gasteiger partial charge in [0, 0.05) is 12.6 Å². The Morgan fingerprint density at radius 1 is 1.05 bits per heavy atom. The summed E-state index contributed by atoms with van der Waals surface area (Å²) in [4.78, 5) is 0. The maximum absolute atomic E-state index is 3.59. The highest BCUT2D eigenvalue weighted by atomic mass is 14.9. The molecule has 0 aromatic heterocycles. The third kappa shape index (κ3) is 5.75. The Morgan fingerprint density at radius 2 is 1.84 bits per heavy atom. The molecule has 2 N–H and O–H groups in total. The lowest BCUT2D eigenvalue weighted by molar-refractivity contribution is 0.616. The summed E-state index contributed by atoms with van der Waals surface area (Å²) in [5.74, 6) is 0. The van der Waals surface area contributed by atoms with E-state index in [0.717, 1.165) is 19.1 Å². The van der Waals surface area contributed by atoms with Gasteiger partial charge in [0.25, 0.3) is 0 Å². The first-order chi connectivity index (χ1) is 9.40. The van der Waals surface area contributed by atoms with Crippen molar-refractivity contribution < 1.29 is 0 Å². The molecule has 2 heteroatoms. The van der Waals surface area contributed by atoms with Gasteiger partial charge < -0.3 is 10.6 Å². The number of hydrogen-bond donors (Lipinski definition) is 2. The number of benzene rings is 1. The standard InChI is InChI=1S/C17H28N2/c1-2-12-18-14-16-9-4-3-7-15(16)8-5-6-13-19-17-10-11-17/h3-4,7,9,17-19H,2,5-6,8,10-14H2,1H3. The van der Waals surface area contributed by atoms with E-state index in [1.807, 2.05) is 0 Å². The second-order valence-corrected chi connectivity index (χ2v) is 5.63. The topological polar surface area (TPSA) is 24.1 Å². The monoisotopic (exact) mass is 260 g/mol. The molecule has 1 saturated carbocycles. The second-order valence-electron chi connectivity index (χ2n) is 5.63. The number of hydrogen-bond acceptors (Lipinski definition) is 2. The zero-order valence-corrected chi connectivity index (χ0v) is 12.3.